The molecule has 30 heavy (non-hydrogen) atoms. The molecule has 0 aliphatic carbocycles. The Morgan fingerprint density at radius 2 is 2.07 bits per heavy atom. The SMILES string of the molecule is CCC(OP(=O)(O)C(C)(O)CC)C1c2nc3c(N)ncnc3n2[C@H]2OC1[C@@H](O)[C@H]2O. The Morgan fingerprint density at radius 1 is 1.37 bits per heavy atom. The van der Waals surface area contributed by atoms with Gasteiger partial charge in [-0.15, -0.1) is 0 Å². The second-order valence-electron chi connectivity index (χ2n) is 7.91. The number of rotatable bonds is 6. The molecule has 13 heteroatoms. The standard InChI is InChI=1S/C17H26N5O7P/c1-4-7(29-30(26,27)17(3,25)5-2)8-12-10(23)11(24)16(28-12)22-14(8)21-9-13(18)19-6-20-15(9)22/h6-8,10-12,16,23-25H,4-5H2,1-3H3,(H,26,27)(H2,18,19,20)/t7?,8?,10-,11+,12?,16-,17?/m0/s1. The average Bonchev–Trinajstić information content (AvgIpc) is 3.20. The summed E-state index contributed by atoms with van der Waals surface area (Å²) in [5.41, 5.74) is 6.53. The van der Waals surface area contributed by atoms with Gasteiger partial charge in [0.05, 0.1) is 12.0 Å². The van der Waals surface area contributed by atoms with Crippen LogP contribution in [0.5, 0.6) is 0 Å². The summed E-state index contributed by atoms with van der Waals surface area (Å²) in [4.78, 5) is 23.1. The van der Waals surface area contributed by atoms with Crippen molar-refractivity contribution in [2.45, 2.75) is 75.5 Å². The van der Waals surface area contributed by atoms with E-state index in [4.69, 9.17) is 15.0 Å². The van der Waals surface area contributed by atoms with E-state index in [0.717, 1.165) is 0 Å². The monoisotopic (exact) mass is 443 g/mol. The molecule has 12 nitrogen and oxygen atoms in total. The number of nitrogen functional groups attached to an aromatic ring is 1. The van der Waals surface area contributed by atoms with E-state index >= 15 is 0 Å². The highest BCUT2D eigenvalue weighted by atomic mass is 31.2. The summed E-state index contributed by atoms with van der Waals surface area (Å²) in [5, 5.41) is 29.5. The largest absolute Gasteiger partial charge is 0.387 e. The summed E-state index contributed by atoms with van der Waals surface area (Å²) < 4.78 is 25.8. The summed E-state index contributed by atoms with van der Waals surface area (Å²) in [6, 6.07) is 0. The highest BCUT2D eigenvalue weighted by Gasteiger charge is 2.57. The first-order chi connectivity index (χ1) is 14.0. The van der Waals surface area contributed by atoms with Crippen molar-refractivity contribution in [1.29, 1.82) is 0 Å². The molecule has 2 aromatic heterocycles. The molecular weight excluding hydrogens is 417 g/mol. The Labute approximate surface area is 172 Å². The minimum absolute atomic E-state index is 0.00411. The van der Waals surface area contributed by atoms with Gasteiger partial charge in [-0.1, -0.05) is 13.8 Å². The average molecular weight is 443 g/mol. The Bertz CT molecular complexity index is 1010. The fraction of sp³-hybridized carbons (Fsp3) is 0.706. The van der Waals surface area contributed by atoms with Crippen molar-refractivity contribution in [1.82, 2.24) is 19.5 Å². The van der Waals surface area contributed by atoms with Crippen LogP contribution < -0.4 is 5.73 Å². The Balaban J connectivity index is 1.84. The zero-order valence-corrected chi connectivity index (χ0v) is 17.7. The van der Waals surface area contributed by atoms with Gasteiger partial charge in [0.15, 0.2) is 28.6 Å². The quantitative estimate of drug-likeness (QED) is 0.385. The summed E-state index contributed by atoms with van der Waals surface area (Å²) in [6.07, 6.45) is -3.92. The number of hydrogen-bond acceptors (Lipinski definition) is 10. The van der Waals surface area contributed by atoms with Gasteiger partial charge < -0.3 is 35.2 Å². The molecule has 2 aromatic rings. The number of aromatic nitrogens is 4. The lowest BCUT2D eigenvalue weighted by atomic mass is 9.90. The summed E-state index contributed by atoms with van der Waals surface area (Å²) in [5.74, 6) is -0.362. The molecule has 1 fully saturated rings. The smallest absolute Gasteiger partial charge is 0.359 e. The number of aliphatic hydroxyl groups is 3. The van der Waals surface area contributed by atoms with E-state index in [0.29, 0.717) is 11.5 Å². The number of nitrogens with zero attached hydrogens (tertiary/aromatic N) is 4. The van der Waals surface area contributed by atoms with Crippen molar-refractivity contribution in [3.63, 3.8) is 0 Å². The van der Waals surface area contributed by atoms with Gasteiger partial charge in [-0.05, 0) is 19.8 Å². The maximum atomic E-state index is 12.8. The maximum Gasteiger partial charge on any atom is 0.359 e. The summed E-state index contributed by atoms with van der Waals surface area (Å²) in [7, 11) is -4.48. The topological polar surface area (TPSA) is 186 Å². The molecule has 166 valence electrons. The fourth-order valence-electron chi connectivity index (χ4n) is 4.04. The highest BCUT2D eigenvalue weighted by Crippen LogP contribution is 2.59. The number of hydrogen-bond donors (Lipinski definition) is 5. The van der Waals surface area contributed by atoms with Gasteiger partial charge >= 0.3 is 7.60 Å². The molecule has 5 unspecified atom stereocenters. The van der Waals surface area contributed by atoms with Gasteiger partial charge in [0.2, 0.25) is 0 Å². The molecule has 0 saturated carbocycles. The van der Waals surface area contributed by atoms with E-state index in [1.165, 1.54) is 17.8 Å². The highest BCUT2D eigenvalue weighted by molar-refractivity contribution is 7.54. The van der Waals surface area contributed by atoms with Crippen molar-refractivity contribution in [2.24, 2.45) is 0 Å². The van der Waals surface area contributed by atoms with Gasteiger partial charge in [0.1, 0.15) is 30.5 Å². The van der Waals surface area contributed by atoms with Crippen LogP contribution in [0.2, 0.25) is 0 Å². The molecule has 4 heterocycles. The maximum absolute atomic E-state index is 12.8. The molecule has 0 aromatic carbocycles. The Kier molecular flexibility index (Phi) is 5.17. The number of nitrogens with two attached hydrogens (primary N) is 1. The van der Waals surface area contributed by atoms with Crippen molar-refractivity contribution < 1.29 is 34.0 Å². The second kappa shape index (κ2) is 7.20. The van der Waals surface area contributed by atoms with Gasteiger partial charge in [0.25, 0.3) is 0 Å². The second-order valence-corrected chi connectivity index (χ2v) is 10.1. The van der Waals surface area contributed by atoms with Crippen molar-refractivity contribution >= 4 is 24.6 Å². The Morgan fingerprint density at radius 3 is 2.70 bits per heavy atom. The molecule has 8 atom stereocenters. The van der Waals surface area contributed by atoms with Gasteiger partial charge in [-0.2, -0.15) is 0 Å². The van der Waals surface area contributed by atoms with Crippen LogP contribution in [-0.4, -0.2) is 69.5 Å². The molecule has 0 amide bonds. The Hall–Kier alpha value is -1.66. The minimum atomic E-state index is -4.48. The van der Waals surface area contributed by atoms with E-state index in [2.05, 4.69) is 15.0 Å². The van der Waals surface area contributed by atoms with E-state index in [1.807, 2.05) is 0 Å². The lowest BCUT2D eigenvalue weighted by molar-refractivity contribution is -0.0857. The molecule has 2 aliphatic heterocycles. The van der Waals surface area contributed by atoms with Crippen molar-refractivity contribution in [2.75, 3.05) is 5.73 Å². The van der Waals surface area contributed by atoms with Crippen LogP contribution in [0, 0.1) is 0 Å². The van der Waals surface area contributed by atoms with Crippen molar-refractivity contribution in [3.05, 3.63) is 12.2 Å². The van der Waals surface area contributed by atoms with Gasteiger partial charge in [-0.3, -0.25) is 9.13 Å². The molecule has 2 aliphatic rings. The predicted octanol–water partition coefficient (Wildman–Crippen LogP) is 0.224. The lowest BCUT2D eigenvalue weighted by Crippen LogP contribution is -2.41. The molecule has 4 rings (SSSR count). The third kappa shape index (κ3) is 2.98. The minimum Gasteiger partial charge on any atom is -0.387 e. The zero-order valence-electron chi connectivity index (χ0n) is 16.8. The van der Waals surface area contributed by atoms with Gasteiger partial charge in [0, 0.05) is 0 Å². The molecular formula is C17H26N5O7P. The molecule has 0 radical (unpaired) electrons. The number of fused-ring (bicyclic) bond motifs is 6. The van der Waals surface area contributed by atoms with Crippen LogP contribution in [0.4, 0.5) is 5.82 Å². The van der Waals surface area contributed by atoms with E-state index < -0.39 is 49.5 Å². The third-order valence-corrected chi connectivity index (χ3v) is 8.16. The summed E-state index contributed by atoms with van der Waals surface area (Å²) in [6.45, 7) is 4.53. The van der Waals surface area contributed by atoms with Crippen LogP contribution in [0.1, 0.15) is 51.6 Å². The van der Waals surface area contributed by atoms with Crippen LogP contribution in [0.25, 0.3) is 11.2 Å². The fourth-order valence-corrected chi connectivity index (χ4v) is 5.31. The first kappa shape index (κ1) is 21.6. The van der Waals surface area contributed by atoms with Gasteiger partial charge in [-0.25, -0.2) is 15.0 Å². The molecule has 0 spiro atoms. The summed E-state index contributed by atoms with van der Waals surface area (Å²) >= 11 is 0. The lowest BCUT2D eigenvalue weighted by Gasteiger charge is -2.37. The van der Waals surface area contributed by atoms with Crippen molar-refractivity contribution in [3.8, 4) is 0 Å². The first-order valence-corrected chi connectivity index (χ1v) is 11.3. The number of aliphatic hydroxyl groups excluding tert-OH is 2. The molecule has 1 saturated heterocycles. The molecule has 6 N–H and O–H groups in total. The van der Waals surface area contributed by atoms with E-state index in [1.54, 1.807) is 13.8 Å². The van der Waals surface area contributed by atoms with Crippen LogP contribution in [0.3, 0.4) is 0 Å². The number of ether oxygens (including phenoxy) is 1. The molecule has 2 bridgehead atoms. The predicted molar refractivity (Wildman–Crippen MR) is 104 cm³/mol. The normalized spacial score (nSPS) is 33.1. The number of imidazole rings is 1. The van der Waals surface area contributed by atoms with E-state index in [-0.39, 0.29) is 24.2 Å². The van der Waals surface area contributed by atoms with Crippen LogP contribution >= 0.6 is 7.60 Å². The number of anilines is 1. The third-order valence-electron chi connectivity index (χ3n) is 6.07. The van der Waals surface area contributed by atoms with Crippen LogP contribution in [0.15, 0.2) is 6.33 Å². The van der Waals surface area contributed by atoms with Crippen LogP contribution in [-0.2, 0) is 13.8 Å². The van der Waals surface area contributed by atoms with E-state index in [9.17, 15) is 24.8 Å². The zero-order chi connectivity index (χ0) is 22.0. The first-order valence-electron chi connectivity index (χ1n) is 9.77.